The highest BCUT2D eigenvalue weighted by Crippen LogP contribution is 2.30. The van der Waals surface area contributed by atoms with Crippen LogP contribution in [0.15, 0.2) is 0 Å². The first-order valence-corrected chi connectivity index (χ1v) is 6.76. The lowest BCUT2D eigenvalue weighted by Gasteiger charge is -2.28. The molecule has 1 aliphatic rings. The molecular formula is C13H27NO2. The fourth-order valence-corrected chi connectivity index (χ4v) is 2.58. The minimum Gasteiger partial charge on any atom is -0.394 e. The average molecular weight is 229 g/mol. The third kappa shape index (κ3) is 5.83. The molecule has 96 valence electrons. The van der Waals surface area contributed by atoms with Crippen molar-refractivity contribution in [3.8, 4) is 0 Å². The number of rotatable bonds is 8. The Balaban J connectivity index is 1.95. The quantitative estimate of drug-likeness (QED) is 0.624. The molecule has 0 radical (unpaired) electrons. The van der Waals surface area contributed by atoms with Gasteiger partial charge < -0.3 is 15.2 Å². The summed E-state index contributed by atoms with van der Waals surface area (Å²) in [5.41, 5.74) is 0. The Morgan fingerprint density at radius 2 is 2.06 bits per heavy atom. The maximum atomic E-state index is 8.54. The zero-order valence-corrected chi connectivity index (χ0v) is 10.6. The zero-order valence-electron chi connectivity index (χ0n) is 10.6. The Bertz CT molecular complexity index is 164. The molecule has 0 aromatic rings. The van der Waals surface area contributed by atoms with Gasteiger partial charge in [-0.3, -0.25) is 0 Å². The molecule has 1 rings (SSSR count). The smallest absolute Gasteiger partial charge is 0.0698 e. The third-order valence-corrected chi connectivity index (χ3v) is 3.56. The van der Waals surface area contributed by atoms with Crippen LogP contribution in [0.1, 0.15) is 39.0 Å². The number of hydrogen-bond acceptors (Lipinski definition) is 3. The Kier molecular flexibility index (Phi) is 7.81. The van der Waals surface area contributed by atoms with E-state index in [0.29, 0.717) is 13.2 Å². The maximum Gasteiger partial charge on any atom is 0.0698 e. The topological polar surface area (TPSA) is 41.5 Å². The molecule has 1 fully saturated rings. The summed E-state index contributed by atoms with van der Waals surface area (Å²) in [6.07, 6.45) is 6.98. The van der Waals surface area contributed by atoms with Crippen molar-refractivity contribution in [2.24, 2.45) is 11.8 Å². The summed E-state index contributed by atoms with van der Waals surface area (Å²) in [4.78, 5) is 0. The van der Waals surface area contributed by atoms with Crippen molar-refractivity contribution < 1.29 is 9.84 Å². The normalized spacial score (nSPS) is 25.9. The first-order chi connectivity index (χ1) is 7.86. The molecule has 0 aliphatic heterocycles. The lowest BCUT2D eigenvalue weighted by Crippen LogP contribution is -2.29. The van der Waals surface area contributed by atoms with E-state index in [1.807, 2.05) is 0 Å². The molecule has 0 amide bonds. The van der Waals surface area contributed by atoms with Gasteiger partial charge in [0.25, 0.3) is 0 Å². The van der Waals surface area contributed by atoms with E-state index < -0.39 is 0 Å². The van der Waals surface area contributed by atoms with Gasteiger partial charge in [-0.2, -0.15) is 0 Å². The molecule has 0 bridgehead atoms. The van der Waals surface area contributed by atoms with Crippen LogP contribution in [0.3, 0.4) is 0 Å². The fraction of sp³-hybridized carbons (Fsp3) is 1.00. The highest BCUT2D eigenvalue weighted by atomic mass is 16.5. The lowest BCUT2D eigenvalue weighted by atomic mass is 9.80. The van der Waals surface area contributed by atoms with Gasteiger partial charge in [0.2, 0.25) is 0 Å². The largest absolute Gasteiger partial charge is 0.394 e. The van der Waals surface area contributed by atoms with Crippen molar-refractivity contribution in [1.29, 1.82) is 0 Å². The van der Waals surface area contributed by atoms with Gasteiger partial charge in [-0.25, -0.2) is 0 Å². The molecule has 3 heteroatoms. The molecule has 2 unspecified atom stereocenters. The maximum absolute atomic E-state index is 8.54. The summed E-state index contributed by atoms with van der Waals surface area (Å²) in [5, 5.41) is 12.0. The van der Waals surface area contributed by atoms with Gasteiger partial charge in [0.05, 0.1) is 19.8 Å². The second-order valence-electron chi connectivity index (χ2n) is 4.85. The standard InChI is InChI=1S/C13H27NO2/c1-2-12-4-3-5-13(10-12)11-14-6-8-16-9-7-15/h12-15H,2-11H2,1H3. The van der Waals surface area contributed by atoms with E-state index in [-0.39, 0.29) is 6.61 Å². The molecule has 1 aliphatic carbocycles. The van der Waals surface area contributed by atoms with Crippen molar-refractivity contribution in [1.82, 2.24) is 5.32 Å². The van der Waals surface area contributed by atoms with Crippen LogP contribution < -0.4 is 5.32 Å². The number of aliphatic hydroxyl groups is 1. The van der Waals surface area contributed by atoms with Crippen LogP contribution in [-0.2, 0) is 4.74 Å². The van der Waals surface area contributed by atoms with Gasteiger partial charge in [0.1, 0.15) is 0 Å². The Morgan fingerprint density at radius 3 is 2.81 bits per heavy atom. The predicted molar refractivity (Wildman–Crippen MR) is 66.5 cm³/mol. The first-order valence-electron chi connectivity index (χ1n) is 6.76. The Labute approximate surface area is 99.6 Å². The average Bonchev–Trinajstić information content (AvgIpc) is 2.34. The molecule has 16 heavy (non-hydrogen) atoms. The van der Waals surface area contributed by atoms with Crippen molar-refractivity contribution in [3.05, 3.63) is 0 Å². The Morgan fingerprint density at radius 1 is 1.25 bits per heavy atom. The van der Waals surface area contributed by atoms with Crippen LogP contribution in [0, 0.1) is 11.8 Å². The van der Waals surface area contributed by atoms with E-state index in [9.17, 15) is 0 Å². The molecule has 3 nitrogen and oxygen atoms in total. The summed E-state index contributed by atoms with van der Waals surface area (Å²) in [6, 6.07) is 0. The van der Waals surface area contributed by atoms with Crippen molar-refractivity contribution in [2.45, 2.75) is 39.0 Å². The van der Waals surface area contributed by atoms with Gasteiger partial charge in [-0.15, -0.1) is 0 Å². The van der Waals surface area contributed by atoms with Crippen molar-refractivity contribution in [2.75, 3.05) is 32.9 Å². The van der Waals surface area contributed by atoms with Crippen molar-refractivity contribution >= 4 is 0 Å². The van der Waals surface area contributed by atoms with Gasteiger partial charge >= 0.3 is 0 Å². The van der Waals surface area contributed by atoms with Crippen LogP contribution in [0.2, 0.25) is 0 Å². The van der Waals surface area contributed by atoms with Crippen LogP contribution in [0.5, 0.6) is 0 Å². The lowest BCUT2D eigenvalue weighted by molar-refractivity contribution is 0.0929. The molecule has 0 heterocycles. The Hall–Kier alpha value is -0.120. The molecule has 0 saturated heterocycles. The second kappa shape index (κ2) is 8.97. The number of aliphatic hydroxyl groups excluding tert-OH is 1. The van der Waals surface area contributed by atoms with Gasteiger partial charge in [-0.1, -0.05) is 26.2 Å². The highest BCUT2D eigenvalue weighted by Gasteiger charge is 2.19. The summed E-state index contributed by atoms with van der Waals surface area (Å²) < 4.78 is 5.20. The van der Waals surface area contributed by atoms with E-state index >= 15 is 0 Å². The zero-order chi connectivity index (χ0) is 11.6. The van der Waals surface area contributed by atoms with E-state index in [1.54, 1.807) is 0 Å². The van der Waals surface area contributed by atoms with Gasteiger partial charge in [-0.05, 0) is 31.2 Å². The van der Waals surface area contributed by atoms with E-state index in [2.05, 4.69) is 12.2 Å². The van der Waals surface area contributed by atoms with E-state index in [4.69, 9.17) is 9.84 Å². The van der Waals surface area contributed by atoms with Crippen LogP contribution in [0.25, 0.3) is 0 Å². The molecule has 1 saturated carbocycles. The molecule has 0 spiro atoms. The second-order valence-corrected chi connectivity index (χ2v) is 4.85. The molecule has 2 atom stereocenters. The predicted octanol–water partition coefficient (Wildman–Crippen LogP) is 1.80. The minimum atomic E-state index is 0.126. The minimum absolute atomic E-state index is 0.126. The van der Waals surface area contributed by atoms with Crippen LogP contribution in [-0.4, -0.2) is 38.0 Å². The first kappa shape index (κ1) is 13.9. The summed E-state index contributed by atoms with van der Waals surface area (Å²) in [5.74, 6) is 1.84. The third-order valence-electron chi connectivity index (χ3n) is 3.56. The van der Waals surface area contributed by atoms with Crippen molar-refractivity contribution in [3.63, 3.8) is 0 Å². The summed E-state index contributed by atoms with van der Waals surface area (Å²) >= 11 is 0. The van der Waals surface area contributed by atoms with E-state index in [1.165, 1.54) is 32.1 Å². The number of ether oxygens (including phenoxy) is 1. The molecular weight excluding hydrogens is 202 g/mol. The monoisotopic (exact) mass is 229 g/mol. The van der Waals surface area contributed by atoms with Gasteiger partial charge in [0.15, 0.2) is 0 Å². The fourth-order valence-electron chi connectivity index (χ4n) is 2.58. The molecule has 2 N–H and O–H groups in total. The SMILES string of the molecule is CCC1CCCC(CNCCOCCO)C1. The molecule has 0 aromatic heterocycles. The number of nitrogens with one attached hydrogen (secondary N) is 1. The van der Waals surface area contributed by atoms with Crippen LogP contribution in [0.4, 0.5) is 0 Å². The number of hydrogen-bond donors (Lipinski definition) is 2. The van der Waals surface area contributed by atoms with Gasteiger partial charge in [0, 0.05) is 6.54 Å². The summed E-state index contributed by atoms with van der Waals surface area (Å²) in [6.45, 7) is 5.66. The van der Waals surface area contributed by atoms with E-state index in [0.717, 1.165) is 24.9 Å². The highest BCUT2D eigenvalue weighted by molar-refractivity contribution is 4.73. The summed E-state index contributed by atoms with van der Waals surface area (Å²) in [7, 11) is 0. The van der Waals surface area contributed by atoms with Crippen LogP contribution >= 0.6 is 0 Å². The molecule has 0 aromatic carbocycles.